The molecule has 0 atom stereocenters. The largest absolute Gasteiger partial charge is 0.360 e. The first-order chi connectivity index (χ1) is 20.6. The Morgan fingerprint density at radius 1 is 0.548 bits per heavy atom. The van der Waals surface area contributed by atoms with Crippen LogP contribution in [0.3, 0.4) is 0 Å². The summed E-state index contributed by atoms with van der Waals surface area (Å²) in [5.41, 5.74) is 8.36. The van der Waals surface area contributed by atoms with Crippen LogP contribution in [-0.2, 0) is 15.9 Å². The average Bonchev–Trinajstić information content (AvgIpc) is 3.58. The van der Waals surface area contributed by atoms with E-state index in [0.29, 0.717) is 0 Å². The zero-order valence-corrected chi connectivity index (χ0v) is 24.3. The third kappa shape index (κ3) is 3.82. The van der Waals surface area contributed by atoms with Gasteiger partial charge in [0.2, 0.25) is 0 Å². The Labute approximate surface area is 248 Å². The summed E-state index contributed by atoms with van der Waals surface area (Å²) >= 11 is 0. The first kappa shape index (κ1) is 25.3. The summed E-state index contributed by atoms with van der Waals surface area (Å²) < 4.78 is 6.88. The van der Waals surface area contributed by atoms with Gasteiger partial charge >= 0.3 is 0 Å². The molecule has 1 saturated carbocycles. The molecule has 0 bridgehead atoms. The Morgan fingerprint density at radius 3 is 1.60 bits per heavy atom. The Balaban J connectivity index is 1.43. The number of benzene rings is 6. The van der Waals surface area contributed by atoms with E-state index in [9.17, 15) is 0 Å². The zero-order chi connectivity index (χ0) is 28.3. The fourth-order valence-electron chi connectivity index (χ4n) is 7.73. The fraction of sp³-hybridized carbons (Fsp3) is 0.200. The van der Waals surface area contributed by atoms with Crippen LogP contribution >= 0.6 is 0 Å². The van der Waals surface area contributed by atoms with Crippen LogP contribution < -0.4 is 4.90 Å². The van der Waals surface area contributed by atoms with Gasteiger partial charge in [0, 0.05) is 22.1 Å². The predicted molar refractivity (Wildman–Crippen MR) is 176 cm³/mol. The Bertz CT molecular complexity index is 1840. The molecule has 206 valence electrons. The molecule has 0 N–H and O–H groups in total. The van der Waals surface area contributed by atoms with E-state index in [2.05, 4.69) is 146 Å². The molecule has 1 fully saturated rings. The molecule has 42 heavy (non-hydrogen) atoms. The monoisotopic (exact) mass is 545 g/mol. The van der Waals surface area contributed by atoms with E-state index in [0.717, 1.165) is 24.2 Å². The van der Waals surface area contributed by atoms with Gasteiger partial charge in [0.15, 0.2) is 0 Å². The van der Waals surface area contributed by atoms with Crippen LogP contribution in [0.1, 0.15) is 50.7 Å². The maximum atomic E-state index is 6.88. The molecule has 0 aromatic heterocycles. The number of para-hydroxylation sites is 2. The standard InChI is InChI=1S/C40H35NO/c1-39(2)36-27-28(23-24-35(36)40(42-39)25-13-14-26-40)37-31-19-9-11-21-33(31)38(34-22-12-10-20-32(34)37)41(29-15-5-3-6-16-29)30-17-7-4-8-18-30/h3-12,15-24,27H,13-14,25-26H2,1-2H3. The lowest BCUT2D eigenvalue weighted by Crippen LogP contribution is -2.25. The second-order valence-electron chi connectivity index (χ2n) is 12.4. The van der Waals surface area contributed by atoms with Crippen LogP contribution in [0.15, 0.2) is 127 Å². The molecule has 0 radical (unpaired) electrons. The maximum absolute atomic E-state index is 6.88. The van der Waals surface area contributed by atoms with Gasteiger partial charge in [0.1, 0.15) is 0 Å². The molecule has 6 aromatic carbocycles. The third-order valence-corrected chi connectivity index (χ3v) is 9.46. The van der Waals surface area contributed by atoms with Crippen molar-refractivity contribution in [3.8, 4) is 11.1 Å². The van der Waals surface area contributed by atoms with E-state index >= 15 is 0 Å². The third-order valence-electron chi connectivity index (χ3n) is 9.46. The van der Waals surface area contributed by atoms with Crippen LogP contribution in [0, 0.1) is 0 Å². The molecule has 1 heterocycles. The summed E-state index contributed by atoms with van der Waals surface area (Å²) in [4.78, 5) is 2.41. The normalized spacial score (nSPS) is 16.7. The predicted octanol–water partition coefficient (Wildman–Crippen LogP) is 11.2. The van der Waals surface area contributed by atoms with Gasteiger partial charge < -0.3 is 9.64 Å². The number of hydrogen-bond donors (Lipinski definition) is 0. The average molecular weight is 546 g/mol. The van der Waals surface area contributed by atoms with Gasteiger partial charge in [0.25, 0.3) is 0 Å². The Kier molecular flexibility index (Phi) is 5.77. The molecular weight excluding hydrogens is 510 g/mol. The summed E-state index contributed by atoms with van der Waals surface area (Å²) in [7, 11) is 0. The maximum Gasteiger partial charge on any atom is 0.0946 e. The summed E-state index contributed by atoms with van der Waals surface area (Å²) in [6.07, 6.45) is 4.73. The SMILES string of the molecule is CC1(C)OC2(CCCC2)c2ccc(-c3c4ccccc4c(N(c4ccccc4)c4ccccc4)c4ccccc34)cc21. The van der Waals surface area contributed by atoms with Crippen molar-refractivity contribution in [2.45, 2.75) is 50.7 Å². The van der Waals surface area contributed by atoms with Crippen molar-refractivity contribution in [2.24, 2.45) is 0 Å². The summed E-state index contributed by atoms with van der Waals surface area (Å²) in [6.45, 7) is 4.50. The van der Waals surface area contributed by atoms with Gasteiger partial charge in [-0.1, -0.05) is 110 Å². The molecule has 8 rings (SSSR count). The van der Waals surface area contributed by atoms with Crippen LogP contribution in [0.2, 0.25) is 0 Å². The summed E-state index contributed by atoms with van der Waals surface area (Å²) in [6, 6.07) is 46.5. The fourth-order valence-corrected chi connectivity index (χ4v) is 7.73. The lowest BCUT2D eigenvalue weighted by atomic mass is 9.83. The van der Waals surface area contributed by atoms with Gasteiger partial charge in [-0.2, -0.15) is 0 Å². The van der Waals surface area contributed by atoms with Crippen molar-refractivity contribution >= 4 is 38.6 Å². The number of fused-ring (bicyclic) bond motifs is 4. The minimum absolute atomic E-state index is 0.114. The zero-order valence-electron chi connectivity index (χ0n) is 24.3. The van der Waals surface area contributed by atoms with Crippen molar-refractivity contribution in [3.63, 3.8) is 0 Å². The van der Waals surface area contributed by atoms with Crippen LogP contribution in [0.4, 0.5) is 17.1 Å². The van der Waals surface area contributed by atoms with E-state index < -0.39 is 0 Å². The topological polar surface area (TPSA) is 12.5 Å². The first-order valence-corrected chi connectivity index (χ1v) is 15.3. The highest BCUT2D eigenvalue weighted by Crippen LogP contribution is 2.56. The van der Waals surface area contributed by atoms with Crippen LogP contribution in [0.25, 0.3) is 32.7 Å². The number of nitrogens with zero attached hydrogens (tertiary/aromatic N) is 1. The van der Waals surface area contributed by atoms with Gasteiger partial charge in [-0.25, -0.2) is 0 Å². The molecule has 6 aromatic rings. The van der Waals surface area contributed by atoms with Crippen LogP contribution in [0.5, 0.6) is 0 Å². The number of hydrogen-bond acceptors (Lipinski definition) is 2. The van der Waals surface area contributed by atoms with Gasteiger partial charge in [-0.3, -0.25) is 0 Å². The molecule has 1 spiro atoms. The lowest BCUT2D eigenvalue weighted by Gasteiger charge is -2.29. The minimum Gasteiger partial charge on any atom is -0.360 e. The van der Waals surface area contributed by atoms with Crippen molar-refractivity contribution in [1.82, 2.24) is 0 Å². The molecule has 0 saturated heterocycles. The highest BCUT2D eigenvalue weighted by atomic mass is 16.5. The summed E-state index contributed by atoms with van der Waals surface area (Å²) in [5, 5.41) is 5.00. The quantitative estimate of drug-likeness (QED) is 0.204. The Morgan fingerprint density at radius 2 is 1.05 bits per heavy atom. The van der Waals surface area contributed by atoms with Crippen molar-refractivity contribution in [1.29, 1.82) is 0 Å². The molecule has 2 aliphatic rings. The van der Waals surface area contributed by atoms with E-state index in [-0.39, 0.29) is 11.2 Å². The number of ether oxygens (including phenoxy) is 1. The molecule has 2 heteroatoms. The van der Waals surface area contributed by atoms with Gasteiger partial charge in [-0.15, -0.1) is 0 Å². The Hall–Kier alpha value is -4.40. The highest BCUT2D eigenvalue weighted by molar-refractivity contribution is 6.22. The van der Waals surface area contributed by atoms with Crippen LogP contribution in [-0.4, -0.2) is 0 Å². The second kappa shape index (κ2) is 9.58. The second-order valence-corrected chi connectivity index (χ2v) is 12.4. The van der Waals surface area contributed by atoms with E-state index in [4.69, 9.17) is 4.74 Å². The molecule has 1 aliphatic carbocycles. The van der Waals surface area contributed by atoms with Crippen molar-refractivity contribution < 1.29 is 4.74 Å². The van der Waals surface area contributed by atoms with E-state index in [1.54, 1.807) is 0 Å². The molecule has 1 aliphatic heterocycles. The van der Waals surface area contributed by atoms with Crippen molar-refractivity contribution in [3.05, 3.63) is 139 Å². The number of rotatable bonds is 4. The van der Waals surface area contributed by atoms with Crippen molar-refractivity contribution in [2.75, 3.05) is 4.90 Å². The molecule has 0 amide bonds. The lowest BCUT2D eigenvalue weighted by molar-refractivity contribution is -0.122. The molecule has 0 unspecified atom stereocenters. The number of anilines is 3. The molecular formula is C40H35NO. The van der Waals surface area contributed by atoms with E-state index in [1.807, 2.05) is 0 Å². The smallest absolute Gasteiger partial charge is 0.0946 e. The highest BCUT2D eigenvalue weighted by Gasteiger charge is 2.50. The minimum atomic E-state index is -0.307. The first-order valence-electron chi connectivity index (χ1n) is 15.3. The summed E-state index contributed by atoms with van der Waals surface area (Å²) in [5.74, 6) is 0. The van der Waals surface area contributed by atoms with E-state index in [1.165, 1.54) is 62.3 Å². The van der Waals surface area contributed by atoms with Gasteiger partial charge in [0.05, 0.1) is 16.9 Å². The van der Waals surface area contributed by atoms with Gasteiger partial charge in [-0.05, 0) is 90.0 Å². The molecule has 2 nitrogen and oxygen atoms in total.